The molecule has 4 rings (SSSR count). The van der Waals surface area contributed by atoms with E-state index in [1.807, 2.05) is 0 Å². The molecule has 2 heterocycles. The van der Waals surface area contributed by atoms with Gasteiger partial charge >= 0.3 is 11.9 Å². The lowest BCUT2D eigenvalue weighted by Gasteiger charge is -2.39. The molecule has 2 aromatic carbocycles. The van der Waals surface area contributed by atoms with Crippen molar-refractivity contribution < 1.29 is 28.7 Å². The molecule has 148 valence electrons. The fourth-order valence-corrected chi connectivity index (χ4v) is 3.80. The quantitative estimate of drug-likeness (QED) is 0.595. The highest BCUT2D eigenvalue weighted by molar-refractivity contribution is 6.18. The van der Waals surface area contributed by atoms with Crippen molar-refractivity contribution in [1.82, 2.24) is 0 Å². The van der Waals surface area contributed by atoms with Crippen molar-refractivity contribution in [2.24, 2.45) is 5.41 Å². The Kier molecular flexibility index (Phi) is 4.34. The third kappa shape index (κ3) is 2.93. The van der Waals surface area contributed by atoms with Crippen molar-refractivity contribution in [1.29, 1.82) is 0 Å². The second kappa shape index (κ2) is 6.73. The summed E-state index contributed by atoms with van der Waals surface area (Å²) in [6.45, 7) is 0. The lowest BCUT2D eigenvalue weighted by Crippen LogP contribution is -2.53. The van der Waals surface area contributed by atoms with Gasteiger partial charge in [-0.05, 0) is 48.2 Å². The molecule has 0 unspecified atom stereocenters. The summed E-state index contributed by atoms with van der Waals surface area (Å²) in [7, 11) is 2.57. The number of esters is 2. The molecule has 2 aliphatic rings. The Morgan fingerprint density at radius 2 is 1.21 bits per heavy atom. The topological polar surface area (TPSA) is 111 Å². The molecule has 8 nitrogen and oxygen atoms in total. The molecule has 0 radical (unpaired) electrons. The van der Waals surface area contributed by atoms with Crippen molar-refractivity contribution in [2.75, 3.05) is 24.9 Å². The molecule has 0 fully saturated rings. The van der Waals surface area contributed by atoms with Crippen LogP contribution in [0.25, 0.3) is 0 Å². The van der Waals surface area contributed by atoms with Crippen molar-refractivity contribution in [3.63, 3.8) is 0 Å². The van der Waals surface area contributed by atoms with Gasteiger partial charge in [-0.25, -0.2) is 9.59 Å². The first-order valence-electron chi connectivity index (χ1n) is 8.93. The van der Waals surface area contributed by atoms with Gasteiger partial charge in [-0.3, -0.25) is 9.59 Å². The number of ether oxygens (including phenoxy) is 2. The monoisotopic (exact) mass is 394 g/mol. The van der Waals surface area contributed by atoms with E-state index in [0.29, 0.717) is 22.5 Å². The third-order valence-electron chi connectivity index (χ3n) is 5.41. The highest BCUT2D eigenvalue weighted by Crippen LogP contribution is 2.42. The minimum atomic E-state index is -1.31. The number of anilines is 2. The Hall–Kier alpha value is -3.68. The lowest BCUT2D eigenvalue weighted by molar-refractivity contribution is -0.138. The molecule has 0 aliphatic carbocycles. The number of carbonyl (C=O) groups excluding carboxylic acids is 4. The minimum absolute atomic E-state index is 0.194. The Balaban J connectivity index is 1.69. The predicted octanol–water partition coefficient (Wildman–Crippen LogP) is 1.94. The molecule has 0 atom stereocenters. The van der Waals surface area contributed by atoms with E-state index in [-0.39, 0.29) is 12.8 Å². The van der Waals surface area contributed by atoms with Crippen molar-refractivity contribution in [3.8, 4) is 0 Å². The van der Waals surface area contributed by atoms with Crippen LogP contribution >= 0.6 is 0 Å². The van der Waals surface area contributed by atoms with Crippen LogP contribution in [-0.2, 0) is 31.9 Å². The van der Waals surface area contributed by atoms with E-state index in [1.54, 1.807) is 36.4 Å². The molecule has 0 saturated heterocycles. The van der Waals surface area contributed by atoms with Gasteiger partial charge in [-0.2, -0.15) is 0 Å². The van der Waals surface area contributed by atoms with Crippen LogP contribution in [-0.4, -0.2) is 38.0 Å². The van der Waals surface area contributed by atoms with Crippen LogP contribution in [0.1, 0.15) is 31.8 Å². The maximum Gasteiger partial charge on any atom is 0.337 e. The first kappa shape index (κ1) is 18.7. The SMILES string of the molecule is COC(=O)c1ccc2c(c1)NC(=O)C1(C2)Cc2ccc(C(=O)OC)cc2NC1=O. The molecular formula is C21H18N2O6. The summed E-state index contributed by atoms with van der Waals surface area (Å²) in [5, 5.41) is 5.52. The maximum absolute atomic E-state index is 13.0. The Bertz CT molecular complexity index is 989. The summed E-state index contributed by atoms with van der Waals surface area (Å²) < 4.78 is 9.41. The van der Waals surface area contributed by atoms with Crippen LogP contribution < -0.4 is 10.6 Å². The van der Waals surface area contributed by atoms with Crippen LogP contribution in [0.5, 0.6) is 0 Å². The lowest BCUT2D eigenvalue weighted by atomic mass is 9.70. The Morgan fingerprint density at radius 3 is 1.59 bits per heavy atom. The molecular weight excluding hydrogens is 376 g/mol. The smallest absolute Gasteiger partial charge is 0.337 e. The van der Waals surface area contributed by atoms with E-state index in [0.717, 1.165) is 11.1 Å². The molecule has 2 aromatic rings. The minimum Gasteiger partial charge on any atom is -0.465 e. The van der Waals surface area contributed by atoms with E-state index in [1.165, 1.54) is 14.2 Å². The highest BCUT2D eigenvalue weighted by atomic mass is 16.5. The van der Waals surface area contributed by atoms with Crippen LogP contribution in [0.4, 0.5) is 11.4 Å². The maximum atomic E-state index is 13.0. The number of amides is 2. The van der Waals surface area contributed by atoms with Gasteiger partial charge in [0.1, 0.15) is 5.41 Å². The van der Waals surface area contributed by atoms with Gasteiger partial charge < -0.3 is 20.1 Å². The van der Waals surface area contributed by atoms with E-state index >= 15 is 0 Å². The number of hydrogen-bond acceptors (Lipinski definition) is 6. The van der Waals surface area contributed by atoms with Crippen LogP contribution in [0.3, 0.4) is 0 Å². The summed E-state index contributed by atoms with van der Waals surface area (Å²) in [4.78, 5) is 49.4. The van der Waals surface area contributed by atoms with Crippen LogP contribution in [0, 0.1) is 5.41 Å². The molecule has 0 bridgehead atoms. The average Bonchev–Trinajstić information content (AvgIpc) is 2.73. The van der Waals surface area contributed by atoms with E-state index in [2.05, 4.69) is 10.6 Å². The fraction of sp³-hybridized carbons (Fsp3) is 0.238. The van der Waals surface area contributed by atoms with E-state index in [4.69, 9.17) is 9.47 Å². The van der Waals surface area contributed by atoms with Gasteiger partial charge in [-0.15, -0.1) is 0 Å². The molecule has 0 saturated carbocycles. The molecule has 1 spiro atoms. The molecule has 0 aromatic heterocycles. The highest BCUT2D eigenvalue weighted by Gasteiger charge is 2.51. The standard InChI is InChI=1S/C21H18N2O6/c1-28-17(24)11-3-5-13-9-21(19(26)22-15(13)7-11)10-14-6-4-12(18(25)29-2)8-16(14)23-20(21)27/h3-8H,9-10H2,1-2H3,(H,22,26)(H,23,27). The van der Waals surface area contributed by atoms with Gasteiger partial charge in [0.2, 0.25) is 11.8 Å². The Labute approximate surface area is 166 Å². The fourth-order valence-electron chi connectivity index (χ4n) is 3.80. The number of rotatable bonds is 2. The molecule has 2 aliphatic heterocycles. The number of methoxy groups -OCH3 is 2. The van der Waals surface area contributed by atoms with Gasteiger partial charge in [0.05, 0.1) is 25.3 Å². The van der Waals surface area contributed by atoms with Crippen LogP contribution in [0.2, 0.25) is 0 Å². The van der Waals surface area contributed by atoms with E-state index < -0.39 is 29.2 Å². The summed E-state index contributed by atoms with van der Waals surface area (Å²) in [5.74, 6) is -1.89. The van der Waals surface area contributed by atoms with Crippen LogP contribution in [0.15, 0.2) is 36.4 Å². The van der Waals surface area contributed by atoms with Gasteiger partial charge in [0.15, 0.2) is 0 Å². The second-order valence-electron chi connectivity index (χ2n) is 7.07. The number of fused-ring (bicyclic) bond motifs is 2. The van der Waals surface area contributed by atoms with Crippen molar-refractivity contribution in [3.05, 3.63) is 58.7 Å². The zero-order valence-corrected chi connectivity index (χ0v) is 15.8. The van der Waals surface area contributed by atoms with E-state index in [9.17, 15) is 19.2 Å². The third-order valence-corrected chi connectivity index (χ3v) is 5.41. The average molecular weight is 394 g/mol. The summed E-state index contributed by atoms with van der Waals surface area (Å²) in [6, 6.07) is 9.73. The number of nitrogens with one attached hydrogen (secondary N) is 2. The van der Waals surface area contributed by atoms with Crippen molar-refractivity contribution in [2.45, 2.75) is 12.8 Å². The normalized spacial score (nSPS) is 16.2. The number of benzene rings is 2. The molecule has 29 heavy (non-hydrogen) atoms. The molecule has 2 N–H and O–H groups in total. The zero-order valence-electron chi connectivity index (χ0n) is 15.8. The van der Waals surface area contributed by atoms with Crippen molar-refractivity contribution >= 4 is 35.1 Å². The second-order valence-corrected chi connectivity index (χ2v) is 7.07. The van der Waals surface area contributed by atoms with Gasteiger partial charge in [0, 0.05) is 11.4 Å². The first-order chi connectivity index (χ1) is 13.9. The number of hydrogen-bond donors (Lipinski definition) is 2. The van der Waals surface area contributed by atoms with Gasteiger partial charge in [-0.1, -0.05) is 12.1 Å². The van der Waals surface area contributed by atoms with Gasteiger partial charge in [0.25, 0.3) is 0 Å². The summed E-state index contributed by atoms with van der Waals surface area (Å²) in [6.07, 6.45) is 0.388. The first-order valence-corrected chi connectivity index (χ1v) is 8.93. The molecule has 8 heteroatoms. The number of carbonyl (C=O) groups is 4. The largest absolute Gasteiger partial charge is 0.465 e. The predicted molar refractivity (Wildman–Crippen MR) is 103 cm³/mol. The molecule has 2 amide bonds. The Morgan fingerprint density at radius 1 is 0.793 bits per heavy atom. The summed E-state index contributed by atoms with van der Waals surface area (Å²) in [5.41, 5.74) is 1.81. The summed E-state index contributed by atoms with van der Waals surface area (Å²) >= 11 is 0. The zero-order chi connectivity index (χ0) is 20.8.